The molecule has 0 unspecified atom stereocenters. The van der Waals surface area contributed by atoms with E-state index < -0.39 is 0 Å². The van der Waals surface area contributed by atoms with E-state index in [1.165, 1.54) is 30.8 Å². The minimum atomic E-state index is -0.321. The molecule has 0 radical (unpaired) electrons. The molecular weight excluding hydrogens is 232 g/mol. The summed E-state index contributed by atoms with van der Waals surface area (Å²) >= 11 is 5.71. The summed E-state index contributed by atoms with van der Waals surface area (Å²) in [5, 5.41) is 0.0749. The normalized spacial score (nSPS) is 15.1. The zero-order chi connectivity index (χ0) is 11.5. The van der Waals surface area contributed by atoms with Crippen molar-refractivity contribution in [3.63, 3.8) is 0 Å². The predicted octanol–water partition coefficient (Wildman–Crippen LogP) is 1.29. The van der Waals surface area contributed by atoms with E-state index in [1.807, 2.05) is 0 Å². The van der Waals surface area contributed by atoms with Gasteiger partial charge in [0.15, 0.2) is 5.15 Å². The van der Waals surface area contributed by atoms with Gasteiger partial charge in [-0.25, -0.2) is 4.98 Å². The molecular formula is C10H13ClN2O3. The van der Waals surface area contributed by atoms with E-state index in [1.54, 1.807) is 0 Å². The maximum atomic E-state index is 11.7. The van der Waals surface area contributed by atoms with Crippen LogP contribution in [0.15, 0.2) is 11.1 Å². The van der Waals surface area contributed by atoms with Crippen LogP contribution in [0.4, 0.5) is 0 Å². The molecule has 0 saturated heterocycles. The summed E-state index contributed by atoms with van der Waals surface area (Å²) in [5.41, 5.74) is -0.321. The molecule has 2 rings (SSSR count). The molecule has 5 nitrogen and oxygen atoms in total. The number of halogens is 1. The van der Waals surface area contributed by atoms with Gasteiger partial charge in [-0.2, -0.15) is 0 Å². The van der Waals surface area contributed by atoms with Crippen molar-refractivity contribution in [1.82, 2.24) is 9.55 Å². The zero-order valence-corrected chi connectivity index (χ0v) is 9.74. The van der Waals surface area contributed by atoms with E-state index >= 15 is 0 Å². The Balaban J connectivity index is 2.04. The summed E-state index contributed by atoms with van der Waals surface area (Å²) in [6, 6.07) is 0. The van der Waals surface area contributed by atoms with Gasteiger partial charge in [-0.15, -0.1) is 0 Å². The molecule has 0 amide bonds. The van der Waals surface area contributed by atoms with Gasteiger partial charge in [0.05, 0.1) is 13.7 Å². The zero-order valence-electron chi connectivity index (χ0n) is 8.98. The second-order valence-corrected chi connectivity index (χ2v) is 4.14. The monoisotopic (exact) mass is 244 g/mol. The lowest BCUT2D eigenvalue weighted by atomic mass is 10.5. The van der Waals surface area contributed by atoms with Gasteiger partial charge in [0.1, 0.15) is 13.1 Å². The smallest absolute Gasteiger partial charge is 0.299 e. The summed E-state index contributed by atoms with van der Waals surface area (Å²) in [5.74, 6) is 0.719. The number of hydrogen-bond donors (Lipinski definition) is 0. The molecule has 0 N–H and O–H groups in total. The van der Waals surface area contributed by atoms with Crippen LogP contribution in [0.2, 0.25) is 5.15 Å². The van der Waals surface area contributed by atoms with Gasteiger partial charge in [0.25, 0.3) is 5.56 Å². The molecule has 0 bridgehead atoms. The lowest BCUT2D eigenvalue weighted by molar-refractivity contribution is 0.0655. The SMILES string of the molecule is COc1c(Cl)ncn(COCC2CC2)c1=O. The third-order valence-corrected chi connectivity index (χ3v) is 2.71. The Morgan fingerprint density at radius 1 is 1.62 bits per heavy atom. The third kappa shape index (κ3) is 2.54. The van der Waals surface area contributed by atoms with Gasteiger partial charge in [0, 0.05) is 0 Å². The minimum Gasteiger partial charge on any atom is -0.489 e. The quantitative estimate of drug-likeness (QED) is 0.733. The highest BCUT2D eigenvalue weighted by Crippen LogP contribution is 2.28. The molecule has 1 saturated carbocycles. The molecule has 1 heterocycles. The van der Waals surface area contributed by atoms with Crippen molar-refractivity contribution < 1.29 is 9.47 Å². The first kappa shape index (κ1) is 11.4. The summed E-state index contributed by atoms with van der Waals surface area (Å²) in [4.78, 5) is 15.6. The van der Waals surface area contributed by atoms with Crippen LogP contribution in [-0.2, 0) is 11.5 Å². The topological polar surface area (TPSA) is 53.4 Å². The molecule has 1 aromatic heterocycles. The van der Waals surface area contributed by atoms with Crippen molar-refractivity contribution in [2.45, 2.75) is 19.6 Å². The van der Waals surface area contributed by atoms with Crippen LogP contribution >= 0.6 is 11.6 Å². The number of methoxy groups -OCH3 is 1. The van der Waals surface area contributed by atoms with E-state index in [4.69, 9.17) is 21.1 Å². The largest absolute Gasteiger partial charge is 0.489 e. The number of rotatable bonds is 5. The lowest BCUT2D eigenvalue weighted by Crippen LogP contribution is -2.23. The molecule has 1 fully saturated rings. The molecule has 16 heavy (non-hydrogen) atoms. The van der Waals surface area contributed by atoms with E-state index in [2.05, 4.69) is 4.98 Å². The van der Waals surface area contributed by atoms with Crippen molar-refractivity contribution in [3.8, 4) is 5.75 Å². The molecule has 0 aromatic carbocycles. The maximum absolute atomic E-state index is 11.7. The maximum Gasteiger partial charge on any atom is 0.299 e. The average Bonchev–Trinajstić information content (AvgIpc) is 3.06. The number of aromatic nitrogens is 2. The van der Waals surface area contributed by atoms with E-state index in [0.717, 1.165) is 0 Å². The average molecular weight is 245 g/mol. The molecule has 6 heteroatoms. The fraction of sp³-hybridized carbons (Fsp3) is 0.600. The van der Waals surface area contributed by atoms with Crippen LogP contribution in [0.3, 0.4) is 0 Å². The van der Waals surface area contributed by atoms with Crippen LogP contribution in [-0.4, -0.2) is 23.3 Å². The fourth-order valence-electron chi connectivity index (χ4n) is 1.32. The van der Waals surface area contributed by atoms with Crippen molar-refractivity contribution >= 4 is 11.6 Å². The standard InChI is InChI=1S/C10H13ClN2O3/c1-15-8-9(11)12-5-13(10(8)14)6-16-4-7-2-3-7/h5,7H,2-4,6H2,1H3. The minimum absolute atomic E-state index is 0.0548. The Morgan fingerprint density at radius 2 is 2.38 bits per heavy atom. The second kappa shape index (κ2) is 4.84. The van der Waals surface area contributed by atoms with Gasteiger partial charge in [-0.1, -0.05) is 11.6 Å². The van der Waals surface area contributed by atoms with Gasteiger partial charge in [-0.3, -0.25) is 9.36 Å². The van der Waals surface area contributed by atoms with Crippen molar-refractivity contribution in [1.29, 1.82) is 0 Å². The highest BCUT2D eigenvalue weighted by molar-refractivity contribution is 6.30. The van der Waals surface area contributed by atoms with Crippen molar-refractivity contribution in [2.75, 3.05) is 13.7 Å². The molecule has 0 aliphatic heterocycles. The van der Waals surface area contributed by atoms with Gasteiger partial charge in [-0.05, 0) is 18.8 Å². The number of nitrogens with zero attached hydrogens (tertiary/aromatic N) is 2. The van der Waals surface area contributed by atoms with Gasteiger partial charge >= 0.3 is 0 Å². The van der Waals surface area contributed by atoms with Crippen LogP contribution < -0.4 is 10.3 Å². The first-order valence-electron chi connectivity index (χ1n) is 5.09. The summed E-state index contributed by atoms with van der Waals surface area (Å²) in [6.45, 7) is 0.882. The highest BCUT2D eigenvalue weighted by atomic mass is 35.5. The Kier molecular flexibility index (Phi) is 3.46. The summed E-state index contributed by atoms with van der Waals surface area (Å²) in [7, 11) is 1.39. The van der Waals surface area contributed by atoms with E-state index in [-0.39, 0.29) is 23.2 Å². The first-order chi connectivity index (χ1) is 7.72. The van der Waals surface area contributed by atoms with Gasteiger partial charge in [0.2, 0.25) is 5.75 Å². The Bertz CT molecular complexity index is 429. The van der Waals surface area contributed by atoms with Crippen LogP contribution in [0.1, 0.15) is 12.8 Å². The van der Waals surface area contributed by atoms with Gasteiger partial charge < -0.3 is 9.47 Å². The second-order valence-electron chi connectivity index (χ2n) is 3.79. The summed E-state index contributed by atoms with van der Waals surface area (Å²) in [6.07, 6.45) is 3.80. The molecule has 0 atom stereocenters. The predicted molar refractivity (Wildman–Crippen MR) is 58.7 cm³/mol. The fourth-order valence-corrected chi connectivity index (χ4v) is 1.52. The number of ether oxygens (including phenoxy) is 2. The molecule has 1 aromatic rings. The third-order valence-electron chi connectivity index (χ3n) is 2.44. The lowest BCUT2D eigenvalue weighted by Gasteiger charge is -2.08. The van der Waals surface area contributed by atoms with Crippen LogP contribution in [0.5, 0.6) is 5.75 Å². The summed E-state index contributed by atoms with van der Waals surface area (Å²) < 4.78 is 11.6. The first-order valence-corrected chi connectivity index (χ1v) is 5.47. The number of hydrogen-bond acceptors (Lipinski definition) is 4. The van der Waals surface area contributed by atoms with Crippen LogP contribution in [0.25, 0.3) is 0 Å². The van der Waals surface area contributed by atoms with Crippen LogP contribution in [0, 0.1) is 5.92 Å². The molecule has 1 aliphatic rings. The van der Waals surface area contributed by atoms with E-state index in [9.17, 15) is 4.79 Å². The highest BCUT2D eigenvalue weighted by Gasteiger charge is 2.21. The van der Waals surface area contributed by atoms with Crippen molar-refractivity contribution in [3.05, 3.63) is 21.8 Å². The van der Waals surface area contributed by atoms with Crippen molar-refractivity contribution in [2.24, 2.45) is 5.92 Å². The Hall–Kier alpha value is -1.07. The van der Waals surface area contributed by atoms with E-state index in [0.29, 0.717) is 12.5 Å². The Labute approximate surface area is 98.0 Å². The molecule has 1 aliphatic carbocycles. The Morgan fingerprint density at radius 3 is 3.00 bits per heavy atom. The molecule has 88 valence electrons. The molecule has 0 spiro atoms.